The van der Waals surface area contributed by atoms with Crippen molar-refractivity contribution in [2.75, 3.05) is 18.6 Å². The maximum atomic E-state index is 14.2. The number of benzene rings is 3. The number of carbonyl (C=O) groups excluding carboxylic acids is 3. The van der Waals surface area contributed by atoms with Crippen molar-refractivity contribution in [3.8, 4) is 17.0 Å². The van der Waals surface area contributed by atoms with Gasteiger partial charge in [0, 0.05) is 65.9 Å². The molecule has 0 fully saturated rings. The van der Waals surface area contributed by atoms with E-state index in [-0.39, 0.29) is 23.8 Å². The van der Waals surface area contributed by atoms with Gasteiger partial charge in [-0.2, -0.15) is 0 Å². The summed E-state index contributed by atoms with van der Waals surface area (Å²) in [5.41, 5.74) is 4.12. The van der Waals surface area contributed by atoms with Crippen molar-refractivity contribution in [3.63, 3.8) is 0 Å². The molecule has 57 heavy (non-hydrogen) atoms. The molecule has 0 aliphatic carbocycles. The Hall–Kier alpha value is -7.08. The normalized spacial score (nSPS) is 16.9. The number of hydrogen-bond acceptors (Lipinski definition) is 8. The monoisotopic (exact) mass is 761 g/mol. The maximum absolute atomic E-state index is 14.2. The first-order valence-electron chi connectivity index (χ1n) is 18.5. The first-order valence-corrected chi connectivity index (χ1v) is 18.5. The minimum absolute atomic E-state index is 0.0111. The summed E-state index contributed by atoms with van der Waals surface area (Å²) in [7, 11) is 1.57. The van der Waals surface area contributed by atoms with E-state index in [0.29, 0.717) is 51.7 Å². The molecule has 6 aromatic rings. The van der Waals surface area contributed by atoms with Crippen LogP contribution in [0.3, 0.4) is 0 Å². The second kappa shape index (κ2) is 14.5. The van der Waals surface area contributed by atoms with Gasteiger partial charge in [-0.3, -0.25) is 24.2 Å². The highest BCUT2D eigenvalue weighted by atomic mass is 16.5. The van der Waals surface area contributed by atoms with Gasteiger partial charge in [0.05, 0.1) is 19.1 Å². The number of aromatic amines is 2. The molecule has 0 saturated carbocycles. The molecule has 2 unspecified atom stereocenters. The van der Waals surface area contributed by atoms with Crippen molar-refractivity contribution >= 4 is 35.3 Å². The highest BCUT2D eigenvalue weighted by Gasteiger charge is 2.47. The lowest BCUT2D eigenvalue weighted by molar-refractivity contribution is -0.137. The molecule has 3 N–H and O–H groups in total. The number of aliphatic carboxylic acids is 1. The van der Waals surface area contributed by atoms with Crippen LogP contribution >= 0.6 is 0 Å². The van der Waals surface area contributed by atoms with Gasteiger partial charge in [-0.15, -0.1) is 0 Å². The average Bonchev–Trinajstić information content (AvgIpc) is 4.07. The van der Waals surface area contributed by atoms with E-state index < -0.39 is 29.1 Å². The molecule has 12 nitrogen and oxygen atoms in total. The van der Waals surface area contributed by atoms with Gasteiger partial charge in [-0.05, 0) is 85.0 Å². The third kappa shape index (κ3) is 6.48. The number of aromatic nitrogens is 3. The molecule has 0 radical (unpaired) electrons. The molecular weight excluding hydrogens is 723 g/mol. The molecule has 12 heteroatoms. The number of ketones is 2. The fourth-order valence-electron chi connectivity index (χ4n) is 8.09. The number of amides is 1. The number of nitrogens with one attached hydrogen (secondary N) is 2. The van der Waals surface area contributed by atoms with E-state index in [9.17, 15) is 24.3 Å². The molecular formula is C45H39N5O7. The summed E-state index contributed by atoms with van der Waals surface area (Å²) in [5.74, 6) is -0.962. The lowest BCUT2D eigenvalue weighted by Gasteiger charge is -2.31. The minimum atomic E-state index is -1.64. The number of carboxylic acids is 1. The molecule has 2 atom stereocenters. The molecule has 8 rings (SSSR count). The van der Waals surface area contributed by atoms with Gasteiger partial charge in [0.15, 0.2) is 11.5 Å². The van der Waals surface area contributed by atoms with Crippen LogP contribution in [0, 0.1) is 6.92 Å². The van der Waals surface area contributed by atoms with Crippen molar-refractivity contribution in [2.24, 2.45) is 4.99 Å². The predicted octanol–water partition coefficient (Wildman–Crippen LogP) is 7.20. The zero-order valence-corrected chi connectivity index (χ0v) is 31.5. The van der Waals surface area contributed by atoms with Gasteiger partial charge < -0.3 is 29.2 Å². The van der Waals surface area contributed by atoms with Crippen LogP contribution in [0.2, 0.25) is 0 Å². The van der Waals surface area contributed by atoms with Crippen molar-refractivity contribution in [2.45, 2.75) is 44.1 Å². The van der Waals surface area contributed by atoms with Gasteiger partial charge >= 0.3 is 5.97 Å². The van der Waals surface area contributed by atoms with Crippen LogP contribution in [-0.2, 0) is 33.4 Å². The summed E-state index contributed by atoms with van der Waals surface area (Å²) in [6, 6.07) is 27.2. The molecule has 3 aromatic carbocycles. The summed E-state index contributed by atoms with van der Waals surface area (Å²) in [4.78, 5) is 66.9. The fraction of sp³-hybridized carbons (Fsp3) is 0.200. The lowest BCUT2D eigenvalue weighted by atomic mass is 9.70. The van der Waals surface area contributed by atoms with Gasteiger partial charge in [0.25, 0.3) is 5.91 Å². The zero-order chi connectivity index (χ0) is 39.9. The van der Waals surface area contributed by atoms with Crippen LogP contribution in [0.1, 0.15) is 67.9 Å². The van der Waals surface area contributed by atoms with Crippen molar-refractivity contribution in [3.05, 3.63) is 160 Å². The van der Waals surface area contributed by atoms with Crippen LogP contribution < -0.4 is 9.64 Å². The maximum Gasteiger partial charge on any atom is 0.305 e. The lowest BCUT2D eigenvalue weighted by Crippen LogP contribution is -2.40. The van der Waals surface area contributed by atoms with Crippen LogP contribution in [0.15, 0.2) is 125 Å². The van der Waals surface area contributed by atoms with Crippen molar-refractivity contribution in [1.82, 2.24) is 15.1 Å². The van der Waals surface area contributed by atoms with E-state index in [1.54, 1.807) is 80.0 Å². The number of rotatable bonds is 13. The second-order valence-corrected chi connectivity index (χ2v) is 14.5. The third-order valence-corrected chi connectivity index (χ3v) is 11.0. The molecule has 1 amide bonds. The third-order valence-electron chi connectivity index (χ3n) is 11.0. The quantitative estimate of drug-likeness (QED) is 0.104. The molecule has 2 aliphatic rings. The van der Waals surface area contributed by atoms with Gasteiger partial charge in [0.1, 0.15) is 22.5 Å². The summed E-state index contributed by atoms with van der Waals surface area (Å²) in [5, 5.41) is 14.0. The summed E-state index contributed by atoms with van der Waals surface area (Å²) >= 11 is 0. The number of para-hydroxylation sites is 1. The number of allylic oxidation sites excluding steroid dienone is 1. The average molecular weight is 762 g/mol. The predicted molar refractivity (Wildman–Crippen MR) is 213 cm³/mol. The fourth-order valence-corrected chi connectivity index (χ4v) is 8.09. The standard InChI is InChI=1S/C45H39N5O7/c1-27-21-36(49-57-27)42(54)45(25-41(52)53,40-9-6-18-46-40)32-13-11-31(12-14-32)44(2)34(16-19-48-44)38(51)22-28-10-15-33(39(23-28)56-3)35-24-30(26-47-35)43(55)50-20-17-29-7-4-5-8-37(29)50/h4-16,18-19,21,23-24,26,46-47H,17,20,22,25H2,1-3H3,(H,52,53). The van der Waals surface area contributed by atoms with Gasteiger partial charge in [0.2, 0.25) is 5.78 Å². The number of aryl methyl sites for hydroxylation is 1. The van der Waals surface area contributed by atoms with Crippen LogP contribution in [0.4, 0.5) is 5.69 Å². The van der Waals surface area contributed by atoms with Crippen molar-refractivity contribution < 1.29 is 33.5 Å². The summed E-state index contributed by atoms with van der Waals surface area (Å²) < 4.78 is 11.0. The molecule has 0 bridgehead atoms. The highest BCUT2D eigenvalue weighted by Crippen LogP contribution is 2.42. The Bertz CT molecular complexity index is 2600. The smallest absolute Gasteiger partial charge is 0.305 e. The Kier molecular flexibility index (Phi) is 9.40. The van der Waals surface area contributed by atoms with E-state index in [4.69, 9.17) is 14.3 Å². The van der Waals surface area contributed by atoms with E-state index >= 15 is 0 Å². The summed E-state index contributed by atoms with van der Waals surface area (Å²) in [6.45, 7) is 4.14. The number of ether oxygens (including phenoxy) is 1. The van der Waals surface area contributed by atoms with Gasteiger partial charge in [-0.25, -0.2) is 0 Å². The number of fused-ring (bicyclic) bond motifs is 1. The number of carboxylic acid groups (broad SMARTS) is 1. The molecule has 0 saturated heterocycles. The van der Waals surface area contributed by atoms with Crippen LogP contribution in [0.25, 0.3) is 11.3 Å². The first kappa shape index (κ1) is 36.9. The Labute approximate surface area is 327 Å². The Morgan fingerprint density at radius 3 is 2.51 bits per heavy atom. The van der Waals surface area contributed by atoms with E-state index in [1.807, 2.05) is 55.5 Å². The Morgan fingerprint density at radius 1 is 0.982 bits per heavy atom. The van der Waals surface area contributed by atoms with E-state index in [2.05, 4.69) is 15.1 Å². The number of anilines is 1. The largest absolute Gasteiger partial charge is 0.496 e. The number of carbonyl (C=O) groups is 4. The highest BCUT2D eigenvalue weighted by molar-refractivity contribution is 6.08. The number of Topliss-reactive ketones (excluding diaryl/α,β-unsaturated/α-hetero) is 2. The topological polar surface area (TPSA) is 171 Å². The van der Waals surface area contributed by atoms with Gasteiger partial charge in [-0.1, -0.05) is 53.7 Å². The zero-order valence-electron chi connectivity index (χ0n) is 31.5. The van der Waals surface area contributed by atoms with E-state index in [0.717, 1.165) is 28.8 Å². The molecule has 2 aliphatic heterocycles. The van der Waals surface area contributed by atoms with Crippen LogP contribution in [-0.4, -0.2) is 63.5 Å². The van der Waals surface area contributed by atoms with Crippen LogP contribution in [0.5, 0.6) is 5.75 Å². The summed E-state index contributed by atoms with van der Waals surface area (Å²) in [6.07, 6.45) is 7.01. The SMILES string of the molecule is COc1cc(CC(=O)C2=CC=NC2(C)c2ccc(C(CC(=O)O)(C(=O)c3cc(C)on3)c3ccc[nH]3)cc2)ccc1-c1cc(C(=O)N2CCc3ccccc32)c[nH]1. The Morgan fingerprint density at radius 2 is 1.79 bits per heavy atom. The van der Waals surface area contributed by atoms with E-state index in [1.165, 1.54) is 6.07 Å². The molecule has 5 heterocycles. The minimum Gasteiger partial charge on any atom is -0.496 e. The molecule has 286 valence electrons. The molecule has 0 spiro atoms. The number of hydrogen-bond donors (Lipinski definition) is 3. The second-order valence-electron chi connectivity index (χ2n) is 14.5. The number of H-pyrrole nitrogens is 2. The first-order chi connectivity index (χ1) is 27.5. The Balaban J connectivity index is 1.03. The number of methoxy groups -OCH3 is 1. The number of aliphatic imine (C=N–C) groups is 1. The number of nitrogens with zero attached hydrogens (tertiary/aromatic N) is 3. The molecule has 3 aromatic heterocycles. The van der Waals surface area contributed by atoms with Crippen molar-refractivity contribution in [1.29, 1.82) is 0 Å².